The van der Waals surface area contributed by atoms with Crippen molar-refractivity contribution in [3.8, 4) is 0 Å². The van der Waals surface area contributed by atoms with Crippen LogP contribution in [0, 0.1) is 18.6 Å². The first-order chi connectivity index (χ1) is 9.01. The molecule has 0 saturated heterocycles. The molecule has 1 nitrogen and oxygen atoms in total. The Hall–Kier alpha value is -1.45. The third-order valence-corrected chi connectivity index (χ3v) is 3.27. The summed E-state index contributed by atoms with van der Waals surface area (Å²) in [5.41, 5.74) is 2.28. The molecule has 0 spiro atoms. The van der Waals surface area contributed by atoms with Crippen molar-refractivity contribution >= 4 is 11.6 Å². The van der Waals surface area contributed by atoms with Crippen LogP contribution in [0.4, 0.5) is 8.78 Å². The second-order valence-electron chi connectivity index (χ2n) is 4.46. The van der Waals surface area contributed by atoms with E-state index < -0.39 is 5.82 Å². The molecule has 0 saturated carbocycles. The summed E-state index contributed by atoms with van der Waals surface area (Å²) in [4.78, 5) is 0. The number of hydrogen-bond acceptors (Lipinski definition) is 1. The van der Waals surface area contributed by atoms with Crippen LogP contribution in [0.25, 0.3) is 0 Å². The maximum atomic E-state index is 13.5. The van der Waals surface area contributed by atoms with Crippen LogP contribution in [0.5, 0.6) is 0 Å². The van der Waals surface area contributed by atoms with E-state index in [1.165, 1.54) is 24.3 Å². The average molecular weight is 282 g/mol. The molecule has 0 heterocycles. The zero-order valence-corrected chi connectivity index (χ0v) is 11.4. The Morgan fingerprint density at radius 1 is 1.05 bits per heavy atom. The summed E-state index contributed by atoms with van der Waals surface area (Å²) in [5.74, 6) is -0.780. The normalized spacial score (nSPS) is 12.5. The lowest BCUT2D eigenvalue weighted by Crippen LogP contribution is -2.18. The van der Waals surface area contributed by atoms with Gasteiger partial charge >= 0.3 is 0 Å². The fourth-order valence-electron chi connectivity index (χ4n) is 2.15. The van der Waals surface area contributed by atoms with Crippen LogP contribution in [-0.2, 0) is 0 Å². The molecule has 1 unspecified atom stereocenters. The van der Waals surface area contributed by atoms with Crippen LogP contribution in [0.3, 0.4) is 0 Å². The van der Waals surface area contributed by atoms with Gasteiger partial charge in [-0.05, 0) is 54.9 Å². The van der Waals surface area contributed by atoms with Crippen molar-refractivity contribution in [3.63, 3.8) is 0 Å². The Labute approximate surface area is 116 Å². The molecule has 19 heavy (non-hydrogen) atoms. The molecule has 0 aromatic heterocycles. The van der Waals surface area contributed by atoms with Gasteiger partial charge in [-0.25, -0.2) is 8.78 Å². The second kappa shape index (κ2) is 5.68. The van der Waals surface area contributed by atoms with E-state index in [0.717, 1.165) is 11.1 Å². The van der Waals surface area contributed by atoms with Gasteiger partial charge in [-0.2, -0.15) is 0 Å². The van der Waals surface area contributed by atoms with Crippen LogP contribution in [0.2, 0.25) is 5.02 Å². The first-order valence-corrected chi connectivity index (χ1v) is 6.28. The lowest BCUT2D eigenvalue weighted by atomic mass is 9.97. The summed E-state index contributed by atoms with van der Waals surface area (Å²) in [5, 5.41) is 3.14. The van der Waals surface area contributed by atoms with Gasteiger partial charge in [0.1, 0.15) is 11.6 Å². The zero-order valence-electron chi connectivity index (χ0n) is 10.7. The Kier molecular flexibility index (Phi) is 4.17. The van der Waals surface area contributed by atoms with Crippen molar-refractivity contribution in [2.45, 2.75) is 13.0 Å². The molecule has 1 atom stereocenters. The highest BCUT2D eigenvalue weighted by molar-refractivity contribution is 6.30. The van der Waals surface area contributed by atoms with E-state index in [1.54, 1.807) is 13.1 Å². The van der Waals surface area contributed by atoms with Gasteiger partial charge in [0.05, 0.1) is 11.1 Å². The topological polar surface area (TPSA) is 12.0 Å². The van der Waals surface area contributed by atoms with E-state index >= 15 is 0 Å². The first-order valence-electron chi connectivity index (χ1n) is 5.90. The van der Waals surface area contributed by atoms with Crippen molar-refractivity contribution in [3.05, 3.63) is 69.7 Å². The molecule has 0 aliphatic carbocycles. The standard InChI is InChI=1S/C15H14ClF2N/c1-9-5-11(7-12(17)6-9)15(19-2)10-3-4-13(16)14(18)8-10/h3-8,15,19H,1-2H3. The third-order valence-electron chi connectivity index (χ3n) is 2.96. The lowest BCUT2D eigenvalue weighted by molar-refractivity contribution is 0.607. The van der Waals surface area contributed by atoms with E-state index in [2.05, 4.69) is 5.32 Å². The molecule has 2 rings (SSSR count). The SMILES string of the molecule is CNC(c1cc(C)cc(F)c1)c1ccc(Cl)c(F)c1. The zero-order chi connectivity index (χ0) is 14.0. The van der Waals surface area contributed by atoms with Crippen LogP contribution >= 0.6 is 11.6 Å². The summed E-state index contributed by atoms with van der Waals surface area (Å²) in [6.45, 7) is 1.82. The van der Waals surface area contributed by atoms with Crippen LogP contribution < -0.4 is 5.32 Å². The summed E-state index contributed by atoms with van der Waals surface area (Å²) >= 11 is 5.67. The number of aryl methyl sites for hydroxylation is 1. The fraction of sp³-hybridized carbons (Fsp3) is 0.200. The van der Waals surface area contributed by atoms with Gasteiger partial charge in [0.25, 0.3) is 0 Å². The molecule has 0 aliphatic heterocycles. The maximum absolute atomic E-state index is 13.5. The van der Waals surface area contributed by atoms with E-state index in [9.17, 15) is 8.78 Å². The number of nitrogens with one attached hydrogen (secondary N) is 1. The van der Waals surface area contributed by atoms with Crippen molar-refractivity contribution < 1.29 is 8.78 Å². The van der Waals surface area contributed by atoms with Gasteiger partial charge in [-0.15, -0.1) is 0 Å². The molecule has 4 heteroatoms. The molecular weight excluding hydrogens is 268 g/mol. The molecule has 0 fully saturated rings. The van der Waals surface area contributed by atoms with Gasteiger partial charge in [-0.3, -0.25) is 0 Å². The van der Waals surface area contributed by atoms with Gasteiger partial charge in [0.2, 0.25) is 0 Å². The first kappa shape index (κ1) is 14.0. The molecule has 0 amide bonds. The Balaban J connectivity index is 2.46. The fourth-order valence-corrected chi connectivity index (χ4v) is 2.27. The summed E-state index contributed by atoms with van der Waals surface area (Å²) in [6, 6.07) is 9.09. The second-order valence-corrected chi connectivity index (χ2v) is 4.86. The molecular formula is C15H14ClF2N. The number of hydrogen-bond donors (Lipinski definition) is 1. The monoisotopic (exact) mass is 281 g/mol. The number of halogens is 3. The van der Waals surface area contributed by atoms with Gasteiger partial charge in [0.15, 0.2) is 0 Å². The molecule has 0 aliphatic rings. The van der Waals surface area contributed by atoms with E-state index in [1.807, 2.05) is 13.0 Å². The van der Waals surface area contributed by atoms with E-state index in [-0.39, 0.29) is 16.9 Å². The molecule has 0 bridgehead atoms. The van der Waals surface area contributed by atoms with Crippen molar-refractivity contribution in [1.82, 2.24) is 5.32 Å². The van der Waals surface area contributed by atoms with Crippen LogP contribution in [-0.4, -0.2) is 7.05 Å². The number of rotatable bonds is 3. The highest BCUT2D eigenvalue weighted by Gasteiger charge is 2.15. The summed E-state index contributed by atoms with van der Waals surface area (Å²) < 4.78 is 27.0. The molecule has 0 radical (unpaired) electrons. The molecule has 2 aromatic carbocycles. The van der Waals surface area contributed by atoms with Gasteiger partial charge in [-0.1, -0.05) is 23.7 Å². The summed E-state index contributed by atoms with van der Waals surface area (Å²) in [7, 11) is 1.75. The minimum Gasteiger partial charge on any atom is -0.309 e. The molecule has 1 N–H and O–H groups in total. The largest absolute Gasteiger partial charge is 0.309 e. The highest BCUT2D eigenvalue weighted by atomic mass is 35.5. The average Bonchev–Trinajstić information content (AvgIpc) is 2.33. The Bertz CT molecular complexity index is 578. The Morgan fingerprint density at radius 3 is 2.37 bits per heavy atom. The van der Waals surface area contributed by atoms with Gasteiger partial charge < -0.3 is 5.32 Å². The minimum absolute atomic E-state index is 0.0778. The minimum atomic E-state index is -0.479. The van der Waals surface area contributed by atoms with E-state index in [4.69, 9.17) is 11.6 Å². The van der Waals surface area contributed by atoms with Crippen LogP contribution in [0.1, 0.15) is 22.7 Å². The highest BCUT2D eigenvalue weighted by Crippen LogP contribution is 2.26. The summed E-state index contributed by atoms with van der Waals surface area (Å²) in [6.07, 6.45) is 0. The van der Waals surface area contributed by atoms with Crippen molar-refractivity contribution in [2.75, 3.05) is 7.05 Å². The number of benzene rings is 2. The maximum Gasteiger partial charge on any atom is 0.142 e. The van der Waals surface area contributed by atoms with Crippen molar-refractivity contribution in [1.29, 1.82) is 0 Å². The van der Waals surface area contributed by atoms with Gasteiger partial charge in [0, 0.05) is 0 Å². The molecule has 100 valence electrons. The van der Waals surface area contributed by atoms with Crippen LogP contribution in [0.15, 0.2) is 36.4 Å². The Morgan fingerprint density at radius 2 is 1.79 bits per heavy atom. The predicted molar refractivity (Wildman–Crippen MR) is 73.4 cm³/mol. The van der Waals surface area contributed by atoms with E-state index in [0.29, 0.717) is 5.56 Å². The smallest absolute Gasteiger partial charge is 0.142 e. The van der Waals surface area contributed by atoms with Crippen molar-refractivity contribution in [2.24, 2.45) is 0 Å². The molecule has 2 aromatic rings. The quantitative estimate of drug-likeness (QED) is 0.887. The predicted octanol–water partition coefficient (Wildman–Crippen LogP) is 4.24. The third kappa shape index (κ3) is 3.11. The lowest BCUT2D eigenvalue weighted by Gasteiger charge is -2.18.